The summed E-state index contributed by atoms with van der Waals surface area (Å²) in [6, 6.07) is 28.0. The number of nitrogens with zero attached hydrogens (tertiary/aromatic N) is 4. The molecule has 0 fully saturated rings. The van der Waals surface area contributed by atoms with Gasteiger partial charge >= 0.3 is 0 Å². The van der Waals surface area contributed by atoms with E-state index in [-0.39, 0.29) is 19.6 Å². The highest BCUT2D eigenvalue weighted by atomic mass is 79.9. The van der Waals surface area contributed by atoms with Gasteiger partial charge in [-0.2, -0.15) is 0 Å². The van der Waals surface area contributed by atoms with Crippen molar-refractivity contribution in [2.45, 2.75) is 37.5 Å². The van der Waals surface area contributed by atoms with Crippen LogP contribution in [0.1, 0.15) is 40.3 Å². The molecule has 4 aromatic rings. The van der Waals surface area contributed by atoms with Crippen LogP contribution in [0.25, 0.3) is 10.4 Å². The van der Waals surface area contributed by atoms with Crippen LogP contribution < -0.4 is 25.1 Å². The average Bonchev–Trinajstić information content (AvgIpc) is 3.53. The van der Waals surface area contributed by atoms with E-state index in [2.05, 4.69) is 36.8 Å². The first kappa shape index (κ1) is 36.2. The van der Waals surface area contributed by atoms with Crippen molar-refractivity contribution < 1.29 is 28.8 Å². The van der Waals surface area contributed by atoms with E-state index in [1.54, 1.807) is 26.4 Å². The molecule has 0 saturated carbocycles. The minimum absolute atomic E-state index is 0.0420. The topological polar surface area (TPSA) is 159 Å². The molecular formula is C37H39BrN6O6. The van der Waals surface area contributed by atoms with E-state index in [0.717, 1.165) is 26.7 Å². The highest BCUT2D eigenvalue weighted by Crippen LogP contribution is 2.43. The molecule has 5 rings (SSSR count). The summed E-state index contributed by atoms with van der Waals surface area (Å²) in [5, 5.41) is 12.9. The standard InChI is InChI=1S/C37H39BrN6O6/c1-47-32-16-17-33(48-2)27(22-32)18-19-40-43-36(46)37(23-28-6-3-4-7-29(28)24-41-44-39)34(25-8-12-30(38)13-9-25)50-35(42-37)26-10-14-31(15-11-26)49-21-5-20-45/h3-4,6-17,22,34,40,45H,5,18-21,23-24H2,1-2H3,(H,43,46)/t34-,37-/m0/s1. The van der Waals surface area contributed by atoms with Crippen molar-refractivity contribution in [2.75, 3.05) is 34.0 Å². The third-order valence-corrected chi connectivity index (χ3v) is 8.82. The van der Waals surface area contributed by atoms with Gasteiger partial charge in [-0.1, -0.05) is 57.4 Å². The number of amides is 1. The first-order valence-electron chi connectivity index (χ1n) is 16.1. The van der Waals surface area contributed by atoms with Crippen LogP contribution in [0.2, 0.25) is 0 Å². The number of azide groups is 1. The second-order valence-corrected chi connectivity index (χ2v) is 12.4. The maximum absolute atomic E-state index is 14.6. The van der Waals surface area contributed by atoms with Crippen molar-refractivity contribution in [3.63, 3.8) is 0 Å². The van der Waals surface area contributed by atoms with E-state index < -0.39 is 17.6 Å². The number of carbonyl (C=O) groups excluding carboxylic acids is 1. The molecule has 2 atom stereocenters. The Morgan fingerprint density at radius 2 is 1.74 bits per heavy atom. The van der Waals surface area contributed by atoms with Crippen LogP contribution in [0, 0.1) is 0 Å². The predicted molar refractivity (Wildman–Crippen MR) is 193 cm³/mol. The molecule has 1 aliphatic heterocycles. The van der Waals surface area contributed by atoms with Crippen LogP contribution in [0.4, 0.5) is 0 Å². The SMILES string of the molecule is COc1ccc(OC)c(CCNNC(=O)[C@@]2(Cc3ccccc3CN=[N+]=[N-])N=C(c3ccc(OCCCO)cc3)O[C@H]2c2ccc(Br)cc2)c1. The molecule has 13 heteroatoms. The highest BCUT2D eigenvalue weighted by Gasteiger charge is 2.53. The van der Waals surface area contributed by atoms with Crippen molar-refractivity contribution in [3.05, 3.63) is 134 Å². The van der Waals surface area contributed by atoms with E-state index in [9.17, 15) is 4.79 Å². The molecule has 50 heavy (non-hydrogen) atoms. The van der Waals surface area contributed by atoms with Gasteiger partial charge in [0.1, 0.15) is 17.2 Å². The molecule has 1 amide bonds. The van der Waals surface area contributed by atoms with Crippen molar-refractivity contribution in [3.8, 4) is 17.2 Å². The number of aliphatic imine (C=N–C) groups is 1. The lowest BCUT2D eigenvalue weighted by Gasteiger charge is -2.31. The van der Waals surface area contributed by atoms with Crippen LogP contribution in [0.5, 0.6) is 17.2 Å². The van der Waals surface area contributed by atoms with E-state index in [1.165, 1.54) is 0 Å². The zero-order chi connectivity index (χ0) is 35.3. The normalized spacial score (nSPS) is 16.5. The van der Waals surface area contributed by atoms with Crippen LogP contribution in [-0.4, -0.2) is 56.4 Å². The van der Waals surface area contributed by atoms with Gasteiger partial charge in [0.05, 0.1) is 27.4 Å². The summed E-state index contributed by atoms with van der Waals surface area (Å²) in [5.41, 5.74) is 17.5. The Balaban J connectivity index is 1.51. The number of methoxy groups -OCH3 is 2. The maximum atomic E-state index is 14.6. The number of aliphatic hydroxyl groups is 1. The molecule has 0 saturated heterocycles. The van der Waals surface area contributed by atoms with Gasteiger partial charge in [0, 0.05) is 40.9 Å². The minimum Gasteiger partial charge on any atom is -0.497 e. The molecule has 12 nitrogen and oxygen atoms in total. The van der Waals surface area contributed by atoms with Crippen molar-refractivity contribution >= 4 is 27.7 Å². The Morgan fingerprint density at radius 1 is 1.00 bits per heavy atom. The fraction of sp³-hybridized carbons (Fsp3) is 0.297. The highest BCUT2D eigenvalue weighted by molar-refractivity contribution is 9.10. The summed E-state index contributed by atoms with van der Waals surface area (Å²) in [4.78, 5) is 22.7. The Bertz CT molecular complexity index is 1830. The molecule has 0 spiro atoms. The van der Waals surface area contributed by atoms with Crippen molar-refractivity contribution in [1.82, 2.24) is 10.9 Å². The summed E-state index contributed by atoms with van der Waals surface area (Å²) < 4.78 is 24.1. The van der Waals surface area contributed by atoms with Gasteiger partial charge < -0.3 is 24.1 Å². The third-order valence-electron chi connectivity index (χ3n) is 8.29. The van der Waals surface area contributed by atoms with Gasteiger partial charge in [-0.05, 0) is 88.8 Å². The van der Waals surface area contributed by atoms with Crippen LogP contribution in [0.15, 0.2) is 106 Å². The lowest BCUT2D eigenvalue weighted by Crippen LogP contribution is -2.54. The monoisotopic (exact) mass is 742 g/mol. The Morgan fingerprint density at radius 3 is 2.44 bits per heavy atom. The molecule has 260 valence electrons. The quantitative estimate of drug-likeness (QED) is 0.0371. The van der Waals surface area contributed by atoms with E-state index in [4.69, 9.17) is 34.6 Å². The first-order chi connectivity index (χ1) is 24.4. The fourth-order valence-electron chi connectivity index (χ4n) is 5.73. The summed E-state index contributed by atoms with van der Waals surface area (Å²) >= 11 is 3.52. The van der Waals surface area contributed by atoms with Crippen LogP contribution in [0.3, 0.4) is 0 Å². The first-order valence-corrected chi connectivity index (χ1v) is 16.9. The minimum atomic E-state index is -1.48. The molecule has 0 aromatic heterocycles. The van der Waals surface area contributed by atoms with Gasteiger partial charge in [0.2, 0.25) is 5.90 Å². The molecule has 0 aliphatic carbocycles. The van der Waals surface area contributed by atoms with Gasteiger partial charge in [0.25, 0.3) is 5.91 Å². The third kappa shape index (κ3) is 8.74. The van der Waals surface area contributed by atoms with Gasteiger partial charge in [0.15, 0.2) is 11.6 Å². The number of ether oxygens (including phenoxy) is 4. The van der Waals surface area contributed by atoms with Crippen LogP contribution >= 0.6 is 15.9 Å². The molecule has 0 radical (unpaired) electrons. The largest absolute Gasteiger partial charge is 0.497 e. The second-order valence-electron chi connectivity index (χ2n) is 11.5. The number of carbonyl (C=O) groups is 1. The molecule has 1 aliphatic rings. The smallest absolute Gasteiger partial charge is 0.266 e. The number of hydrogen-bond donors (Lipinski definition) is 3. The van der Waals surface area contributed by atoms with E-state index >= 15 is 0 Å². The van der Waals surface area contributed by atoms with Crippen LogP contribution in [-0.2, 0) is 28.9 Å². The number of hydrazine groups is 1. The number of aliphatic hydroxyl groups excluding tert-OH is 1. The molecule has 0 unspecified atom stereocenters. The number of benzene rings is 4. The van der Waals surface area contributed by atoms with Gasteiger partial charge in [-0.25, -0.2) is 10.4 Å². The van der Waals surface area contributed by atoms with Gasteiger partial charge in [-0.3, -0.25) is 10.2 Å². The summed E-state index contributed by atoms with van der Waals surface area (Å²) in [6.45, 7) is 0.926. The number of hydrogen-bond acceptors (Lipinski definition) is 9. The zero-order valence-corrected chi connectivity index (χ0v) is 29.4. The summed E-state index contributed by atoms with van der Waals surface area (Å²) in [6.07, 6.45) is 0.385. The van der Waals surface area contributed by atoms with Crippen molar-refractivity contribution in [1.29, 1.82) is 0 Å². The molecule has 1 heterocycles. The molecular weight excluding hydrogens is 704 g/mol. The predicted octanol–water partition coefficient (Wildman–Crippen LogP) is 6.40. The number of halogens is 1. The Labute approximate surface area is 299 Å². The second kappa shape index (κ2) is 17.5. The average molecular weight is 744 g/mol. The number of rotatable bonds is 17. The Hall–Kier alpha value is -5.07. The fourth-order valence-corrected chi connectivity index (χ4v) is 5.99. The zero-order valence-electron chi connectivity index (χ0n) is 27.8. The summed E-state index contributed by atoms with van der Waals surface area (Å²) in [7, 11) is 3.22. The Kier molecular flexibility index (Phi) is 12.7. The van der Waals surface area contributed by atoms with E-state index in [0.29, 0.717) is 54.7 Å². The number of nitrogens with one attached hydrogen (secondary N) is 2. The molecule has 4 aromatic carbocycles. The lowest BCUT2D eigenvalue weighted by atomic mass is 9.81. The lowest BCUT2D eigenvalue weighted by molar-refractivity contribution is -0.130. The maximum Gasteiger partial charge on any atom is 0.266 e. The van der Waals surface area contributed by atoms with Crippen molar-refractivity contribution in [2.24, 2.45) is 10.1 Å². The molecule has 0 bridgehead atoms. The van der Waals surface area contributed by atoms with E-state index in [1.807, 2.05) is 78.9 Å². The molecule has 3 N–H and O–H groups in total. The van der Waals surface area contributed by atoms with Gasteiger partial charge in [-0.15, -0.1) is 0 Å². The summed E-state index contributed by atoms with van der Waals surface area (Å²) in [5.74, 6) is 1.95.